The number of hydrogen-bond donors (Lipinski definition) is 2. The fourth-order valence-electron chi connectivity index (χ4n) is 6.02. The molecule has 2 aliphatic heterocycles. The molecule has 1 atom stereocenters. The lowest BCUT2D eigenvalue weighted by Crippen LogP contribution is -2.61. The second kappa shape index (κ2) is 10.2. The summed E-state index contributed by atoms with van der Waals surface area (Å²) < 4.78 is 38.1. The monoisotopic (exact) mass is 560 g/mol. The summed E-state index contributed by atoms with van der Waals surface area (Å²) in [6, 6.07) is 7.12. The lowest BCUT2D eigenvalue weighted by Gasteiger charge is -2.47. The van der Waals surface area contributed by atoms with E-state index < -0.39 is 17.4 Å². The molecule has 212 valence electrons. The molecule has 3 aliphatic rings. The van der Waals surface area contributed by atoms with Crippen LogP contribution < -0.4 is 10.6 Å². The van der Waals surface area contributed by atoms with Gasteiger partial charge in [-0.2, -0.15) is 0 Å². The molecule has 10 nitrogen and oxygen atoms in total. The summed E-state index contributed by atoms with van der Waals surface area (Å²) in [4.78, 5) is 31.3. The van der Waals surface area contributed by atoms with Gasteiger partial charge >= 0.3 is 0 Å². The van der Waals surface area contributed by atoms with Crippen molar-refractivity contribution in [3.8, 4) is 11.3 Å². The van der Waals surface area contributed by atoms with Crippen molar-refractivity contribution in [3.63, 3.8) is 0 Å². The van der Waals surface area contributed by atoms with E-state index in [-0.39, 0.29) is 17.2 Å². The zero-order valence-corrected chi connectivity index (χ0v) is 22.7. The lowest BCUT2D eigenvalue weighted by molar-refractivity contribution is -0.179. The van der Waals surface area contributed by atoms with Crippen molar-refractivity contribution in [1.29, 1.82) is 0 Å². The minimum absolute atomic E-state index is 0.000306. The number of carbonyl (C=O) groups excluding carboxylic acids is 1. The second-order valence-corrected chi connectivity index (χ2v) is 10.9. The van der Waals surface area contributed by atoms with Crippen LogP contribution in [-0.4, -0.2) is 67.7 Å². The van der Waals surface area contributed by atoms with Gasteiger partial charge in [0.2, 0.25) is 5.95 Å². The normalized spacial score (nSPS) is 21.1. The average Bonchev–Trinajstić information content (AvgIpc) is 3.75. The Balaban J connectivity index is 1.14. The Hall–Kier alpha value is -3.87. The van der Waals surface area contributed by atoms with Gasteiger partial charge in [0.25, 0.3) is 0 Å². The maximum absolute atomic E-state index is 15.1. The van der Waals surface area contributed by atoms with Gasteiger partial charge in [-0.15, -0.1) is 0 Å². The summed E-state index contributed by atoms with van der Waals surface area (Å²) >= 11 is 0. The van der Waals surface area contributed by atoms with Gasteiger partial charge < -0.3 is 24.7 Å². The molecule has 0 spiro atoms. The molecule has 41 heavy (non-hydrogen) atoms. The number of benzene rings is 1. The van der Waals surface area contributed by atoms with Gasteiger partial charge in [0.1, 0.15) is 34.9 Å². The summed E-state index contributed by atoms with van der Waals surface area (Å²) in [5.41, 5.74) is 2.57. The zero-order valence-electron chi connectivity index (χ0n) is 22.7. The van der Waals surface area contributed by atoms with Crippen molar-refractivity contribution in [1.82, 2.24) is 34.7 Å². The van der Waals surface area contributed by atoms with Gasteiger partial charge in [-0.1, -0.05) is 6.07 Å². The lowest BCUT2D eigenvalue weighted by atomic mass is 9.99. The summed E-state index contributed by atoms with van der Waals surface area (Å²) in [5, 5.41) is 6.43. The van der Waals surface area contributed by atoms with Gasteiger partial charge in [0.15, 0.2) is 11.6 Å². The largest absolute Gasteiger partial charge is 0.357 e. The van der Waals surface area contributed by atoms with Gasteiger partial charge in [-0.25, -0.2) is 28.7 Å². The molecule has 12 heteroatoms. The summed E-state index contributed by atoms with van der Waals surface area (Å²) in [5.74, 6) is 0.266. The highest BCUT2D eigenvalue weighted by molar-refractivity contribution is 5.83. The standard InChI is InChI=1S/C29H30F2N8O2/c1-17-34-27-21(30)12-19(13-24(27)39(17)20-3-4-20)26-22(31)14-33-28(37-26)36-25-5-2-18-15-38(9-6-23(18)35-25)29(7-10-40)16-32-8-11-41-29/h2,5,10,12-14,20,32H,3-4,6-9,11,15-16H2,1H3,(H,33,35,36,37). The Kier molecular flexibility index (Phi) is 6.48. The number of pyridine rings is 1. The maximum atomic E-state index is 15.1. The molecule has 0 bridgehead atoms. The van der Waals surface area contributed by atoms with Crippen LogP contribution in [0.1, 0.15) is 42.4 Å². The number of hydrogen-bond acceptors (Lipinski definition) is 9. The van der Waals surface area contributed by atoms with E-state index in [2.05, 4.69) is 30.5 Å². The van der Waals surface area contributed by atoms with Crippen LogP contribution in [0.4, 0.5) is 20.5 Å². The predicted octanol–water partition coefficient (Wildman–Crippen LogP) is 3.82. The number of halogens is 2. The predicted molar refractivity (Wildman–Crippen MR) is 148 cm³/mol. The number of carbonyl (C=O) groups is 1. The summed E-state index contributed by atoms with van der Waals surface area (Å²) in [7, 11) is 0. The van der Waals surface area contributed by atoms with Crippen LogP contribution in [0.15, 0.2) is 30.5 Å². The fourth-order valence-corrected chi connectivity index (χ4v) is 6.02. The third kappa shape index (κ3) is 4.75. The van der Waals surface area contributed by atoms with Gasteiger partial charge in [0, 0.05) is 56.3 Å². The molecule has 5 heterocycles. The number of fused-ring (bicyclic) bond motifs is 2. The third-order valence-electron chi connectivity index (χ3n) is 8.17. The highest BCUT2D eigenvalue weighted by atomic mass is 19.1. The molecule has 1 saturated carbocycles. The van der Waals surface area contributed by atoms with Crippen LogP contribution >= 0.6 is 0 Å². The molecule has 1 aliphatic carbocycles. The Bertz CT molecular complexity index is 1650. The van der Waals surface area contributed by atoms with E-state index in [4.69, 9.17) is 9.72 Å². The number of aldehydes is 1. The molecular weight excluding hydrogens is 530 g/mol. The van der Waals surface area contributed by atoms with Gasteiger partial charge in [-0.05, 0) is 43.5 Å². The first kappa shape index (κ1) is 26.1. The molecule has 3 aromatic heterocycles. The van der Waals surface area contributed by atoms with Crippen molar-refractivity contribution in [2.24, 2.45) is 0 Å². The quantitative estimate of drug-likeness (QED) is 0.326. The topological polar surface area (TPSA) is 110 Å². The number of imidazole rings is 1. The highest BCUT2D eigenvalue weighted by Gasteiger charge is 2.40. The molecular formula is C29H30F2N8O2. The van der Waals surface area contributed by atoms with E-state index in [9.17, 15) is 9.18 Å². The van der Waals surface area contributed by atoms with Crippen molar-refractivity contribution in [3.05, 3.63) is 59.2 Å². The SMILES string of the molecule is Cc1nc2c(F)cc(-c3nc(Nc4ccc5c(n4)CCN(C4(CC=O)CNCCO4)C5)ncc3F)cc2n1C1CC1. The van der Waals surface area contributed by atoms with Crippen LogP contribution in [0.2, 0.25) is 0 Å². The molecule has 1 aromatic carbocycles. The molecule has 4 aromatic rings. The van der Waals surface area contributed by atoms with Crippen molar-refractivity contribution in [2.45, 2.75) is 50.9 Å². The molecule has 2 N–H and O–H groups in total. The Labute approximate surface area is 235 Å². The minimum atomic E-state index is -0.648. The molecule has 1 saturated heterocycles. The number of nitrogens with zero attached hydrogens (tertiary/aromatic N) is 6. The smallest absolute Gasteiger partial charge is 0.229 e. The maximum Gasteiger partial charge on any atom is 0.229 e. The van der Waals surface area contributed by atoms with Crippen LogP contribution in [0, 0.1) is 18.6 Å². The number of nitrogens with one attached hydrogen (secondary N) is 2. The molecule has 0 radical (unpaired) electrons. The first-order valence-electron chi connectivity index (χ1n) is 13.9. The van der Waals surface area contributed by atoms with E-state index >= 15 is 4.39 Å². The first-order valence-corrected chi connectivity index (χ1v) is 13.9. The number of ether oxygens (including phenoxy) is 1. The van der Waals surface area contributed by atoms with E-state index in [1.54, 1.807) is 6.07 Å². The van der Waals surface area contributed by atoms with E-state index in [1.165, 1.54) is 6.07 Å². The van der Waals surface area contributed by atoms with Crippen molar-refractivity contribution >= 4 is 29.1 Å². The molecule has 7 rings (SSSR count). The minimum Gasteiger partial charge on any atom is -0.357 e. The highest BCUT2D eigenvalue weighted by Crippen LogP contribution is 2.40. The van der Waals surface area contributed by atoms with Gasteiger partial charge in [-0.3, -0.25) is 4.90 Å². The Morgan fingerprint density at radius 1 is 1.20 bits per heavy atom. The number of morpholine rings is 1. The first-order chi connectivity index (χ1) is 19.9. The van der Waals surface area contributed by atoms with Crippen molar-refractivity contribution < 1.29 is 18.3 Å². The van der Waals surface area contributed by atoms with Crippen LogP contribution in [0.3, 0.4) is 0 Å². The van der Waals surface area contributed by atoms with Crippen LogP contribution in [0.25, 0.3) is 22.3 Å². The van der Waals surface area contributed by atoms with E-state index in [1.807, 2.05) is 23.6 Å². The van der Waals surface area contributed by atoms with Crippen molar-refractivity contribution in [2.75, 3.05) is 31.6 Å². The Morgan fingerprint density at radius 2 is 2.07 bits per heavy atom. The van der Waals surface area contributed by atoms with Crippen LogP contribution in [0.5, 0.6) is 0 Å². The fraction of sp³-hybridized carbons (Fsp3) is 0.414. The number of anilines is 2. The second-order valence-electron chi connectivity index (χ2n) is 10.9. The molecule has 0 amide bonds. The van der Waals surface area contributed by atoms with Gasteiger partial charge in [0.05, 0.1) is 18.3 Å². The molecule has 2 fully saturated rings. The molecule has 1 unspecified atom stereocenters. The average molecular weight is 561 g/mol. The van der Waals surface area contributed by atoms with E-state index in [0.29, 0.717) is 62.0 Å². The number of aromatic nitrogens is 5. The van der Waals surface area contributed by atoms with E-state index in [0.717, 1.165) is 49.0 Å². The summed E-state index contributed by atoms with van der Waals surface area (Å²) in [6.45, 7) is 5.09. The third-order valence-corrected chi connectivity index (χ3v) is 8.17. The summed E-state index contributed by atoms with van der Waals surface area (Å²) in [6.07, 6.45) is 5.01. The van der Waals surface area contributed by atoms with Crippen LogP contribution in [-0.2, 0) is 22.5 Å². The number of aryl methyl sites for hydroxylation is 1. The zero-order chi connectivity index (χ0) is 28.1. The number of rotatable bonds is 7. The Morgan fingerprint density at radius 3 is 2.85 bits per heavy atom.